The second-order valence-electron chi connectivity index (χ2n) is 3.20. The number of ether oxygens (including phenoxy) is 1. The van der Waals surface area contributed by atoms with E-state index in [9.17, 15) is 4.79 Å². The Hall–Kier alpha value is -0.260. The molecule has 14 heavy (non-hydrogen) atoms. The number of morpholine rings is 1. The predicted octanol–water partition coefficient (Wildman–Crippen LogP) is -0.156. The third-order valence-electron chi connectivity index (χ3n) is 2.04. The number of nitrogens with one attached hydrogen (secondary N) is 2. The number of rotatable bonds is 5. The zero-order chi connectivity index (χ0) is 10.2. The first-order valence-electron chi connectivity index (χ1n) is 4.93. The maximum Gasteiger partial charge on any atom is 0.250 e. The second-order valence-corrected chi connectivity index (χ2v) is 4.19. The van der Waals surface area contributed by atoms with Crippen LogP contribution in [0, 0.1) is 0 Å². The summed E-state index contributed by atoms with van der Waals surface area (Å²) in [6.45, 7) is 2.85. The van der Waals surface area contributed by atoms with Crippen LogP contribution in [0.3, 0.4) is 0 Å². The highest BCUT2D eigenvalue weighted by atomic mass is 32.2. The number of hydrogen-bond donors (Lipinski definition) is 2. The Morgan fingerprint density at radius 3 is 3.21 bits per heavy atom. The van der Waals surface area contributed by atoms with Gasteiger partial charge in [0.2, 0.25) is 5.91 Å². The van der Waals surface area contributed by atoms with E-state index in [-0.39, 0.29) is 12.0 Å². The Kier molecular flexibility index (Phi) is 5.98. The average molecular weight is 218 g/mol. The highest BCUT2D eigenvalue weighted by Crippen LogP contribution is 1.97. The Labute approximate surface area is 89.2 Å². The van der Waals surface area contributed by atoms with E-state index in [1.165, 1.54) is 0 Å². The van der Waals surface area contributed by atoms with Crippen LogP contribution in [0.4, 0.5) is 0 Å². The average Bonchev–Trinajstić information content (AvgIpc) is 2.25. The van der Waals surface area contributed by atoms with Gasteiger partial charge in [0, 0.05) is 19.6 Å². The van der Waals surface area contributed by atoms with Gasteiger partial charge in [0.1, 0.15) is 6.10 Å². The lowest BCUT2D eigenvalue weighted by Gasteiger charge is -2.22. The van der Waals surface area contributed by atoms with Gasteiger partial charge in [0.15, 0.2) is 0 Å². The first-order chi connectivity index (χ1) is 6.84. The standard InChI is InChI=1S/C9H18N2O2S/c1-14-6-2-3-11-9(12)8-7-10-4-5-13-8/h8,10H,2-7H2,1H3,(H,11,12). The van der Waals surface area contributed by atoms with Crippen molar-refractivity contribution in [2.45, 2.75) is 12.5 Å². The quantitative estimate of drug-likeness (QED) is 0.630. The molecule has 1 amide bonds. The fourth-order valence-electron chi connectivity index (χ4n) is 1.28. The minimum absolute atomic E-state index is 0.0123. The fourth-order valence-corrected chi connectivity index (χ4v) is 1.71. The van der Waals surface area contributed by atoms with Crippen molar-refractivity contribution >= 4 is 17.7 Å². The van der Waals surface area contributed by atoms with Gasteiger partial charge in [-0.1, -0.05) is 0 Å². The van der Waals surface area contributed by atoms with Crippen LogP contribution in [-0.4, -0.2) is 50.3 Å². The van der Waals surface area contributed by atoms with Crippen molar-refractivity contribution < 1.29 is 9.53 Å². The minimum Gasteiger partial charge on any atom is -0.366 e. The normalized spacial score (nSPS) is 21.9. The first kappa shape index (κ1) is 11.8. The summed E-state index contributed by atoms with van der Waals surface area (Å²) in [5.41, 5.74) is 0. The molecule has 1 saturated heterocycles. The van der Waals surface area contributed by atoms with Crippen molar-refractivity contribution in [3.8, 4) is 0 Å². The smallest absolute Gasteiger partial charge is 0.250 e. The molecule has 0 bridgehead atoms. The number of carbonyl (C=O) groups excluding carboxylic acids is 1. The lowest BCUT2D eigenvalue weighted by atomic mass is 10.3. The zero-order valence-electron chi connectivity index (χ0n) is 8.54. The van der Waals surface area contributed by atoms with Crippen LogP contribution < -0.4 is 10.6 Å². The molecule has 1 atom stereocenters. The largest absolute Gasteiger partial charge is 0.366 e. The summed E-state index contributed by atoms with van der Waals surface area (Å²) in [5, 5.41) is 6.00. The van der Waals surface area contributed by atoms with Crippen molar-refractivity contribution in [1.82, 2.24) is 10.6 Å². The third kappa shape index (κ3) is 4.30. The van der Waals surface area contributed by atoms with E-state index in [4.69, 9.17) is 4.74 Å². The molecule has 1 heterocycles. The minimum atomic E-state index is -0.293. The number of amides is 1. The lowest BCUT2D eigenvalue weighted by molar-refractivity contribution is -0.134. The molecule has 2 N–H and O–H groups in total. The molecule has 82 valence electrons. The number of thioether (sulfide) groups is 1. The summed E-state index contributed by atoms with van der Waals surface area (Å²) < 4.78 is 5.32. The van der Waals surface area contributed by atoms with Crippen molar-refractivity contribution in [3.05, 3.63) is 0 Å². The summed E-state index contributed by atoms with van der Waals surface area (Å²) in [7, 11) is 0. The van der Waals surface area contributed by atoms with Gasteiger partial charge in [-0.25, -0.2) is 0 Å². The Bertz CT molecular complexity index is 172. The summed E-state index contributed by atoms with van der Waals surface area (Å²) >= 11 is 1.79. The highest BCUT2D eigenvalue weighted by Gasteiger charge is 2.20. The molecular formula is C9H18N2O2S. The van der Waals surface area contributed by atoms with Crippen molar-refractivity contribution in [3.63, 3.8) is 0 Å². The molecule has 4 nitrogen and oxygen atoms in total. The van der Waals surface area contributed by atoms with Crippen molar-refractivity contribution in [2.75, 3.05) is 38.2 Å². The first-order valence-corrected chi connectivity index (χ1v) is 6.33. The third-order valence-corrected chi connectivity index (χ3v) is 2.74. The van der Waals surface area contributed by atoms with Crippen LogP contribution in [0.1, 0.15) is 6.42 Å². The summed E-state index contributed by atoms with van der Waals surface area (Å²) in [6.07, 6.45) is 2.79. The summed E-state index contributed by atoms with van der Waals surface area (Å²) in [5.74, 6) is 1.10. The fraction of sp³-hybridized carbons (Fsp3) is 0.889. The molecule has 0 spiro atoms. The van der Waals surface area contributed by atoms with Crippen LogP contribution >= 0.6 is 11.8 Å². The highest BCUT2D eigenvalue weighted by molar-refractivity contribution is 7.98. The van der Waals surface area contributed by atoms with Crippen molar-refractivity contribution in [1.29, 1.82) is 0 Å². The van der Waals surface area contributed by atoms with E-state index in [1.807, 2.05) is 0 Å². The van der Waals surface area contributed by atoms with Gasteiger partial charge in [0.25, 0.3) is 0 Å². The van der Waals surface area contributed by atoms with Crippen LogP contribution in [0.15, 0.2) is 0 Å². The summed E-state index contributed by atoms with van der Waals surface area (Å²) in [4.78, 5) is 11.5. The second kappa shape index (κ2) is 7.09. The molecule has 1 rings (SSSR count). The molecule has 1 unspecified atom stereocenters. The Morgan fingerprint density at radius 1 is 1.71 bits per heavy atom. The number of hydrogen-bond acceptors (Lipinski definition) is 4. The van der Waals surface area contributed by atoms with Crippen LogP contribution in [0.5, 0.6) is 0 Å². The van der Waals surface area contributed by atoms with Crippen molar-refractivity contribution in [2.24, 2.45) is 0 Å². The van der Waals surface area contributed by atoms with E-state index >= 15 is 0 Å². The molecule has 1 fully saturated rings. The molecular weight excluding hydrogens is 200 g/mol. The van der Waals surface area contributed by atoms with E-state index in [1.54, 1.807) is 11.8 Å². The van der Waals surface area contributed by atoms with E-state index in [0.717, 1.165) is 25.3 Å². The van der Waals surface area contributed by atoms with Gasteiger partial charge < -0.3 is 15.4 Å². The van der Waals surface area contributed by atoms with Gasteiger partial charge in [-0.15, -0.1) is 0 Å². The van der Waals surface area contributed by atoms with Crippen LogP contribution in [0.2, 0.25) is 0 Å². The maximum atomic E-state index is 11.5. The van der Waals surface area contributed by atoms with Gasteiger partial charge in [-0.05, 0) is 18.4 Å². The lowest BCUT2D eigenvalue weighted by Crippen LogP contribution is -2.48. The SMILES string of the molecule is CSCCCNC(=O)C1CNCCO1. The maximum absolute atomic E-state index is 11.5. The van der Waals surface area contributed by atoms with Gasteiger partial charge in [-0.2, -0.15) is 11.8 Å². The molecule has 0 aromatic rings. The molecule has 0 aromatic carbocycles. The predicted molar refractivity (Wildman–Crippen MR) is 58.6 cm³/mol. The molecule has 0 radical (unpaired) electrons. The Balaban J connectivity index is 2.07. The van der Waals surface area contributed by atoms with E-state index in [2.05, 4.69) is 16.9 Å². The van der Waals surface area contributed by atoms with Gasteiger partial charge in [-0.3, -0.25) is 4.79 Å². The summed E-state index contributed by atoms with van der Waals surface area (Å²) in [6, 6.07) is 0. The van der Waals surface area contributed by atoms with Gasteiger partial charge in [0.05, 0.1) is 6.61 Å². The van der Waals surface area contributed by atoms with Crippen LogP contribution in [0.25, 0.3) is 0 Å². The van der Waals surface area contributed by atoms with Gasteiger partial charge >= 0.3 is 0 Å². The molecule has 1 aliphatic heterocycles. The molecule has 0 aliphatic carbocycles. The molecule has 0 aromatic heterocycles. The molecule has 0 saturated carbocycles. The topological polar surface area (TPSA) is 50.4 Å². The Morgan fingerprint density at radius 2 is 2.57 bits per heavy atom. The van der Waals surface area contributed by atoms with Crippen LogP contribution in [-0.2, 0) is 9.53 Å². The number of carbonyl (C=O) groups is 1. The van der Waals surface area contributed by atoms with E-state index in [0.29, 0.717) is 13.2 Å². The zero-order valence-corrected chi connectivity index (χ0v) is 9.36. The molecule has 1 aliphatic rings. The monoisotopic (exact) mass is 218 g/mol. The molecule has 5 heteroatoms. The van der Waals surface area contributed by atoms with E-state index < -0.39 is 0 Å².